The molecule has 1 fully saturated rings. The molecule has 0 amide bonds. The first-order valence-corrected chi connectivity index (χ1v) is 10.5. The highest BCUT2D eigenvalue weighted by Gasteiger charge is 2.30. The van der Waals surface area contributed by atoms with Crippen molar-refractivity contribution in [2.75, 3.05) is 13.1 Å². The Kier molecular flexibility index (Phi) is 4.61. The number of rotatable bonds is 4. The van der Waals surface area contributed by atoms with Gasteiger partial charge in [-0.1, -0.05) is 24.3 Å². The number of imidazole rings is 1. The van der Waals surface area contributed by atoms with Crippen molar-refractivity contribution < 1.29 is 12.8 Å². The number of piperidine rings is 1. The minimum absolute atomic E-state index is 0.0362. The summed E-state index contributed by atoms with van der Waals surface area (Å²) in [6.45, 7) is 0.723. The van der Waals surface area contributed by atoms with E-state index in [0.717, 1.165) is 11.0 Å². The largest absolute Gasteiger partial charge is 0.326 e. The number of aromatic nitrogens is 2. The number of hydrogen-bond donors (Lipinski definition) is 1. The van der Waals surface area contributed by atoms with Crippen molar-refractivity contribution in [2.24, 2.45) is 0 Å². The van der Waals surface area contributed by atoms with Crippen molar-refractivity contribution in [1.82, 2.24) is 13.9 Å². The number of aromatic amines is 1. The van der Waals surface area contributed by atoms with Gasteiger partial charge >= 0.3 is 5.69 Å². The van der Waals surface area contributed by atoms with E-state index in [-0.39, 0.29) is 23.3 Å². The number of benzene rings is 2. The molecule has 1 aromatic heterocycles. The van der Waals surface area contributed by atoms with E-state index >= 15 is 0 Å². The zero-order valence-corrected chi connectivity index (χ0v) is 15.5. The third-order valence-corrected chi connectivity index (χ3v) is 6.92. The van der Waals surface area contributed by atoms with Crippen LogP contribution in [0.15, 0.2) is 53.3 Å². The normalized spacial score (nSPS) is 16.8. The summed E-state index contributed by atoms with van der Waals surface area (Å²) < 4.78 is 41.5. The van der Waals surface area contributed by atoms with Crippen LogP contribution in [0.25, 0.3) is 11.0 Å². The fourth-order valence-electron chi connectivity index (χ4n) is 3.70. The van der Waals surface area contributed by atoms with Crippen molar-refractivity contribution in [1.29, 1.82) is 0 Å². The zero-order chi connectivity index (χ0) is 19.0. The van der Waals surface area contributed by atoms with Crippen LogP contribution in [0.3, 0.4) is 0 Å². The lowest BCUT2D eigenvalue weighted by molar-refractivity contribution is 0.274. The molecule has 27 heavy (non-hydrogen) atoms. The number of hydrogen-bond acceptors (Lipinski definition) is 3. The average Bonchev–Trinajstić information content (AvgIpc) is 2.99. The van der Waals surface area contributed by atoms with E-state index in [4.69, 9.17) is 0 Å². The Bertz CT molecular complexity index is 1110. The Labute approximate surface area is 156 Å². The number of para-hydroxylation sites is 2. The van der Waals surface area contributed by atoms with Gasteiger partial charge in [-0.05, 0) is 42.7 Å². The molecule has 0 radical (unpaired) electrons. The minimum atomic E-state index is -3.48. The molecule has 2 heterocycles. The van der Waals surface area contributed by atoms with Gasteiger partial charge in [-0.15, -0.1) is 0 Å². The molecule has 142 valence electrons. The molecule has 0 unspecified atom stereocenters. The van der Waals surface area contributed by atoms with Crippen LogP contribution in [0.5, 0.6) is 0 Å². The van der Waals surface area contributed by atoms with Crippen molar-refractivity contribution >= 4 is 21.1 Å². The molecule has 1 aliphatic rings. The van der Waals surface area contributed by atoms with E-state index < -0.39 is 10.0 Å². The van der Waals surface area contributed by atoms with Crippen LogP contribution in [-0.2, 0) is 15.8 Å². The number of nitrogens with zero attached hydrogens (tertiary/aromatic N) is 2. The molecular formula is C19H20FN3O3S. The lowest BCUT2D eigenvalue weighted by atomic mass is 10.1. The quantitative estimate of drug-likeness (QED) is 0.745. The Morgan fingerprint density at radius 1 is 1.04 bits per heavy atom. The standard InChI is InChI=1S/C19H20FN3O3S/c20-15-7-5-14(6-8-15)13-27(25,26)22-11-9-16(10-12-22)23-18-4-2-1-3-17(18)21-19(23)24/h1-8,16H,9-13H2,(H,21,24). The molecule has 3 aromatic rings. The predicted octanol–water partition coefficient (Wildman–Crippen LogP) is 2.64. The number of H-pyrrole nitrogens is 1. The Hall–Kier alpha value is -2.45. The van der Waals surface area contributed by atoms with Crippen molar-refractivity contribution in [2.45, 2.75) is 24.6 Å². The molecule has 0 atom stereocenters. The first kappa shape index (κ1) is 17.9. The number of halogens is 1. The molecule has 1 aliphatic heterocycles. The summed E-state index contributed by atoms with van der Waals surface area (Å²) >= 11 is 0. The summed E-state index contributed by atoms with van der Waals surface area (Å²) in [5, 5.41) is 0. The molecule has 0 spiro atoms. The molecule has 6 nitrogen and oxygen atoms in total. The molecule has 8 heteroatoms. The van der Waals surface area contributed by atoms with E-state index in [0.29, 0.717) is 31.5 Å². The minimum Gasteiger partial charge on any atom is -0.306 e. The zero-order valence-electron chi connectivity index (χ0n) is 14.6. The van der Waals surface area contributed by atoms with Crippen LogP contribution in [0.4, 0.5) is 4.39 Å². The number of fused-ring (bicyclic) bond motifs is 1. The summed E-state index contributed by atoms with van der Waals surface area (Å²) in [4.78, 5) is 15.2. The average molecular weight is 389 g/mol. The molecular weight excluding hydrogens is 369 g/mol. The summed E-state index contributed by atoms with van der Waals surface area (Å²) in [5.74, 6) is -0.536. The highest BCUT2D eigenvalue weighted by Crippen LogP contribution is 2.27. The summed E-state index contributed by atoms with van der Waals surface area (Å²) in [7, 11) is -3.48. The monoisotopic (exact) mass is 389 g/mol. The van der Waals surface area contributed by atoms with Crippen LogP contribution in [0.1, 0.15) is 24.4 Å². The maximum absolute atomic E-state index is 13.0. The predicted molar refractivity (Wildman–Crippen MR) is 101 cm³/mol. The van der Waals surface area contributed by atoms with Gasteiger partial charge in [0.25, 0.3) is 0 Å². The number of nitrogens with one attached hydrogen (secondary N) is 1. The smallest absolute Gasteiger partial charge is 0.306 e. The molecule has 4 rings (SSSR count). The lowest BCUT2D eigenvalue weighted by Gasteiger charge is -2.31. The van der Waals surface area contributed by atoms with Crippen LogP contribution < -0.4 is 5.69 Å². The van der Waals surface area contributed by atoms with Gasteiger partial charge < -0.3 is 4.98 Å². The van der Waals surface area contributed by atoms with Crippen LogP contribution in [0.2, 0.25) is 0 Å². The molecule has 1 N–H and O–H groups in total. The molecule has 0 bridgehead atoms. The molecule has 0 aliphatic carbocycles. The van der Waals surface area contributed by atoms with E-state index in [1.807, 2.05) is 24.3 Å². The maximum Gasteiger partial charge on any atom is 0.326 e. The third kappa shape index (κ3) is 3.54. The Balaban J connectivity index is 1.49. The van der Waals surface area contributed by atoms with Gasteiger partial charge in [-0.2, -0.15) is 0 Å². The van der Waals surface area contributed by atoms with Crippen molar-refractivity contribution in [3.8, 4) is 0 Å². The van der Waals surface area contributed by atoms with Gasteiger partial charge in [-0.25, -0.2) is 21.9 Å². The maximum atomic E-state index is 13.0. The van der Waals surface area contributed by atoms with Crippen molar-refractivity contribution in [3.05, 3.63) is 70.4 Å². The van der Waals surface area contributed by atoms with Crippen LogP contribution in [0, 0.1) is 5.82 Å². The second kappa shape index (κ2) is 6.94. The summed E-state index contributed by atoms with van der Waals surface area (Å²) in [6, 6.07) is 13.0. The third-order valence-electron chi connectivity index (χ3n) is 5.07. The summed E-state index contributed by atoms with van der Waals surface area (Å²) in [5.41, 5.74) is 2.03. The van der Waals surface area contributed by atoms with E-state index in [1.165, 1.54) is 28.6 Å². The Morgan fingerprint density at radius 2 is 1.70 bits per heavy atom. The van der Waals surface area contributed by atoms with Gasteiger partial charge in [0.1, 0.15) is 5.82 Å². The fraction of sp³-hybridized carbons (Fsp3) is 0.316. The number of sulfonamides is 1. The van der Waals surface area contributed by atoms with E-state index in [9.17, 15) is 17.6 Å². The van der Waals surface area contributed by atoms with Crippen LogP contribution >= 0.6 is 0 Å². The first-order valence-electron chi connectivity index (χ1n) is 8.85. The van der Waals surface area contributed by atoms with E-state index in [2.05, 4.69) is 4.98 Å². The fourth-order valence-corrected chi connectivity index (χ4v) is 5.26. The SMILES string of the molecule is O=c1[nH]c2ccccc2n1C1CCN(S(=O)(=O)Cc2ccc(F)cc2)CC1. The first-order chi connectivity index (χ1) is 12.9. The van der Waals surface area contributed by atoms with E-state index in [1.54, 1.807) is 4.57 Å². The second-order valence-electron chi connectivity index (χ2n) is 6.83. The highest BCUT2D eigenvalue weighted by molar-refractivity contribution is 7.88. The molecule has 2 aromatic carbocycles. The Morgan fingerprint density at radius 3 is 2.41 bits per heavy atom. The van der Waals surface area contributed by atoms with Crippen LogP contribution in [-0.4, -0.2) is 35.4 Å². The molecule has 0 saturated carbocycles. The van der Waals surface area contributed by atoms with Gasteiger partial charge in [0.05, 0.1) is 16.8 Å². The highest BCUT2D eigenvalue weighted by atomic mass is 32.2. The lowest BCUT2D eigenvalue weighted by Crippen LogP contribution is -2.41. The van der Waals surface area contributed by atoms with Crippen molar-refractivity contribution in [3.63, 3.8) is 0 Å². The second-order valence-corrected chi connectivity index (χ2v) is 8.80. The van der Waals surface area contributed by atoms with Gasteiger partial charge in [0, 0.05) is 19.1 Å². The van der Waals surface area contributed by atoms with Gasteiger partial charge in [0.15, 0.2) is 0 Å². The summed E-state index contributed by atoms with van der Waals surface area (Å²) in [6.07, 6.45) is 1.15. The van der Waals surface area contributed by atoms with Gasteiger partial charge in [0.2, 0.25) is 10.0 Å². The van der Waals surface area contributed by atoms with Gasteiger partial charge in [-0.3, -0.25) is 4.57 Å². The molecule has 1 saturated heterocycles. The topological polar surface area (TPSA) is 75.2 Å².